The molecule has 2 saturated heterocycles. The Bertz CT molecular complexity index is 1370. The van der Waals surface area contributed by atoms with Crippen molar-refractivity contribution in [2.45, 2.75) is 50.7 Å². The Morgan fingerprint density at radius 3 is 2.54 bits per heavy atom. The standard InChI is InChI=1S/C30H37N5O4/c36-16-30(17-38-18-30)19-39-25-9-11-34(12-10-25)24-6-4-23(5-7-24)32-29-31-15-22-3-8-27(37)35(28(22)33-29)26-14-20-1-2-21(26)13-20/h3-8,15,20-21,25-26,36H,1-2,9-14,16-19H2,(H,31,32,33). The molecule has 1 aromatic carbocycles. The molecular weight excluding hydrogens is 494 g/mol. The third kappa shape index (κ3) is 4.81. The van der Waals surface area contributed by atoms with Crippen molar-refractivity contribution >= 4 is 28.4 Å². The van der Waals surface area contributed by atoms with Crippen LogP contribution in [0.25, 0.3) is 11.0 Å². The fraction of sp³-hybridized carbons (Fsp3) is 0.567. The van der Waals surface area contributed by atoms with Crippen LogP contribution in [0.15, 0.2) is 47.4 Å². The first-order valence-electron chi connectivity index (χ1n) is 14.4. The number of piperidine rings is 1. The maximum Gasteiger partial charge on any atom is 0.252 e. The number of fused-ring (bicyclic) bond motifs is 3. The third-order valence-corrected chi connectivity index (χ3v) is 9.41. The smallest absolute Gasteiger partial charge is 0.252 e. The number of nitrogens with zero attached hydrogens (tertiary/aromatic N) is 4. The average molecular weight is 532 g/mol. The number of aliphatic hydroxyl groups excluding tert-OH is 1. The van der Waals surface area contributed by atoms with Crippen molar-refractivity contribution in [1.82, 2.24) is 14.5 Å². The zero-order valence-corrected chi connectivity index (χ0v) is 22.3. The summed E-state index contributed by atoms with van der Waals surface area (Å²) >= 11 is 0. The van der Waals surface area contributed by atoms with Crippen LogP contribution >= 0.6 is 0 Å². The number of pyridine rings is 1. The van der Waals surface area contributed by atoms with Crippen LogP contribution in [-0.4, -0.2) is 65.3 Å². The minimum atomic E-state index is -0.192. The molecule has 2 bridgehead atoms. The van der Waals surface area contributed by atoms with E-state index in [2.05, 4.69) is 39.5 Å². The van der Waals surface area contributed by atoms with E-state index in [9.17, 15) is 9.90 Å². The van der Waals surface area contributed by atoms with E-state index in [-0.39, 0.29) is 29.7 Å². The molecule has 4 heterocycles. The highest BCUT2D eigenvalue weighted by Crippen LogP contribution is 2.50. The molecule has 3 unspecified atom stereocenters. The normalized spacial score (nSPS) is 26.2. The van der Waals surface area contributed by atoms with Gasteiger partial charge in [-0.25, -0.2) is 4.98 Å². The van der Waals surface area contributed by atoms with Gasteiger partial charge in [0.2, 0.25) is 5.95 Å². The van der Waals surface area contributed by atoms with Crippen molar-refractivity contribution in [1.29, 1.82) is 0 Å². The number of aromatic nitrogens is 3. The fourth-order valence-corrected chi connectivity index (χ4v) is 7.02. The summed E-state index contributed by atoms with van der Waals surface area (Å²) in [6.07, 6.45) is 8.81. The lowest BCUT2D eigenvalue weighted by Gasteiger charge is -2.41. The SMILES string of the molecule is O=c1ccc2cnc(Nc3ccc(N4CCC(OCC5(CO)COC5)CC4)cc3)nc2n1C1CC2CCC1C2. The van der Waals surface area contributed by atoms with Gasteiger partial charge in [-0.2, -0.15) is 4.98 Å². The predicted molar refractivity (Wildman–Crippen MR) is 150 cm³/mol. The molecule has 4 aliphatic rings. The molecule has 2 aliphatic heterocycles. The van der Waals surface area contributed by atoms with E-state index in [1.54, 1.807) is 6.07 Å². The number of rotatable bonds is 8. The highest BCUT2D eigenvalue weighted by atomic mass is 16.5. The van der Waals surface area contributed by atoms with E-state index in [4.69, 9.17) is 14.5 Å². The van der Waals surface area contributed by atoms with Crippen molar-refractivity contribution < 1.29 is 14.6 Å². The van der Waals surface area contributed by atoms with Crippen LogP contribution in [0, 0.1) is 17.3 Å². The summed E-state index contributed by atoms with van der Waals surface area (Å²) in [5.41, 5.74) is 2.67. The molecule has 2 saturated carbocycles. The molecular formula is C30H37N5O4. The Balaban J connectivity index is 1.00. The summed E-state index contributed by atoms with van der Waals surface area (Å²) in [7, 11) is 0. The van der Waals surface area contributed by atoms with Gasteiger partial charge in [0.05, 0.1) is 37.9 Å². The Morgan fingerprint density at radius 1 is 1.05 bits per heavy atom. The number of aliphatic hydroxyl groups is 1. The van der Waals surface area contributed by atoms with E-state index in [1.807, 2.05) is 16.8 Å². The van der Waals surface area contributed by atoms with Crippen LogP contribution in [0.3, 0.4) is 0 Å². The van der Waals surface area contributed by atoms with Gasteiger partial charge in [-0.15, -0.1) is 0 Å². The van der Waals surface area contributed by atoms with Crippen LogP contribution in [0.1, 0.15) is 44.6 Å². The highest BCUT2D eigenvalue weighted by Gasteiger charge is 2.41. The molecule has 0 amide bonds. The van der Waals surface area contributed by atoms with Crippen LogP contribution in [0.4, 0.5) is 17.3 Å². The van der Waals surface area contributed by atoms with Gasteiger partial charge in [0, 0.05) is 48.2 Å². The number of nitrogens with one attached hydrogen (secondary N) is 1. The quantitative estimate of drug-likeness (QED) is 0.452. The molecule has 39 heavy (non-hydrogen) atoms. The molecule has 9 nitrogen and oxygen atoms in total. The molecule has 2 aromatic heterocycles. The van der Waals surface area contributed by atoms with Gasteiger partial charge in [0.25, 0.3) is 5.56 Å². The molecule has 9 heteroatoms. The maximum absolute atomic E-state index is 12.9. The van der Waals surface area contributed by atoms with Gasteiger partial charge in [0.1, 0.15) is 5.65 Å². The minimum Gasteiger partial charge on any atom is -0.396 e. The second kappa shape index (κ2) is 10.2. The van der Waals surface area contributed by atoms with E-state index >= 15 is 0 Å². The van der Waals surface area contributed by atoms with Gasteiger partial charge in [-0.05, 0) is 74.3 Å². The van der Waals surface area contributed by atoms with Gasteiger partial charge in [0.15, 0.2) is 0 Å². The number of hydrogen-bond acceptors (Lipinski definition) is 8. The molecule has 3 aromatic rings. The Kier molecular flexibility index (Phi) is 6.53. The topological polar surface area (TPSA) is 102 Å². The van der Waals surface area contributed by atoms with Crippen LogP contribution in [-0.2, 0) is 9.47 Å². The van der Waals surface area contributed by atoms with Crippen LogP contribution in [0.5, 0.6) is 0 Å². The number of hydrogen-bond donors (Lipinski definition) is 2. The Labute approximate surface area is 228 Å². The lowest BCUT2D eigenvalue weighted by atomic mass is 9.88. The third-order valence-electron chi connectivity index (χ3n) is 9.41. The molecule has 7 rings (SSSR count). The molecule has 2 N–H and O–H groups in total. The number of anilines is 3. The molecule has 2 aliphatic carbocycles. The van der Waals surface area contributed by atoms with Crippen molar-refractivity contribution in [3.05, 3.63) is 52.9 Å². The van der Waals surface area contributed by atoms with Gasteiger partial charge in [-0.3, -0.25) is 9.36 Å². The summed E-state index contributed by atoms with van der Waals surface area (Å²) < 4.78 is 13.3. The Morgan fingerprint density at radius 2 is 1.87 bits per heavy atom. The van der Waals surface area contributed by atoms with E-state index in [0.717, 1.165) is 55.0 Å². The van der Waals surface area contributed by atoms with Crippen molar-refractivity contribution in [2.75, 3.05) is 49.7 Å². The molecule has 3 atom stereocenters. The first-order chi connectivity index (χ1) is 19.1. The average Bonchev–Trinajstić information content (AvgIpc) is 3.57. The Hall–Kier alpha value is -3.01. The lowest BCUT2D eigenvalue weighted by molar-refractivity contribution is -0.178. The first-order valence-corrected chi connectivity index (χ1v) is 14.4. The largest absolute Gasteiger partial charge is 0.396 e. The van der Waals surface area contributed by atoms with E-state index < -0.39 is 0 Å². The zero-order valence-electron chi connectivity index (χ0n) is 22.3. The summed E-state index contributed by atoms with van der Waals surface area (Å²) in [4.78, 5) is 24.7. The number of benzene rings is 1. The first kappa shape index (κ1) is 25.0. The van der Waals surface area contributed by atoms with Gasteiger partial charge < -0.3 is 24.8 Å². The maximum atomic E-state index is 12.9. The molecule has 0 radical (unpaired) electrons. The lowest BCUT2D eigenvalue weighted by Crippen LogP contribution is -2.50. The second-order valence-corrected chi connectivity index (χ2v) is 12.1. The van der Waals surface area contributed by atoms with Crippen molar-refractivity contribution in [3.63, 3.8) is 0 Å². The second-order valence-electron chi connectivity index (χ2n) is 12.1. The van der Waals surface area contributed by atoms with Crippen molar-refractivity contribution in [2.24, 2.45) is 17.3 Å². The van der Waals surface area contributed by atoms with Crippen molar-refractivity contribution in [3.8, 4) is 0 Å². The minimum absolute atomic E-state index is 0.0354. The highest BCUT2D eigenvalue weighted by molar-refractivity contribution is 5.76. The van der Waals surface area contributed by atoms with Crippen LogP contribution in [0.2, 0.25) is 0 Å². The monoisotopic (exact) mass is 531 g/mol. The molecule has 0 spiro atoms. The van der Waals surface area contributed by atoms with Gasteiger partial charge >= 0.3 is 0 Å². The summed E-state index contributed by atoms with van der Waals surface area (Å²) in [5.74, 6) is 1.84. The van der Waals surface area contributed by atoms with Gasteiger partial charge in [-0.1, -0.05) is 6.42 Å². The number of ether oxygens (including phenoxy) is 2. The zero-order chi connectivity index (χ0) is 26.4. The predicted octanol–water partition coefficient (Wildman–Crippen LogP) is 3.89. The summed E-state index contributed by atoms with van der Waals surface area (Å²) in [6, 6.07) is 12.1. The fourth-order valence-electron chi connectivity index (χ4n) is 7.02. The summed E-state index contributed by atoms with van der Waals surface area (Å²) in [5, 5.41) is 13.9. The molecule has 4 fully saturated rings. The van der Waals surface area contributed by atoms with E-state index in [1.165, 1.54) is 24.9 Å². The summed E-state index contributed by atoms with van der Waals surface area (Å²) in [6.45, 7) is 3.76. The van der Waals surface area contributed by atoms with Crippen LogP contribution < -0.4 is 15.8 Å². The molecule has 206 valence electrons. The van der Waals surface area contributed by atoms with E-state index in [0.29, 0.717) is 31.7 Å².